The second-order valence-corrected chi connectivity index (χ2v) is 6.35. The van der Waals surface area contributed by atoms with Crippen LogP contribution in [0.15, 0.2) is 28.7 Å². The van der Waals surface area contributed by atoms with E-state index >= 15 is 0 Å². The summed E-state index contributed by atoms with van der Waals surface area (Å²) < 4.78 is 6.01. The quantitative estimate of drug-likeness (QED) is 0.654. The first-order valence-corrected chi connectivity index (χ1v) is 7.63. The molecule has 1 fully saturated rings. The zero-order valence-corrected chi connectivity index (χ0v) is 12.4. The molecule has 0 saturated heterocycles. The maximum Gasteiger partial charge on any atom is 0.134 e. The Kier molecular flexibility index (Phi) is 3.81. The topological polar surface area (TPSA) is 51.2 Å². The van der Waals surface area contributed by atoms with Gasteiger partial charge >= 0.3 is 0 Å². The molecule has 2 aromatic rings. The van der Waals surface area contributed by atoms with E-state index in [1.165, 1.54) is 36.6 Å². The highest BCUT2D eigenvalue weighted by atomic mass is 16.3. The normalized spacial score (nSPS) is 24.9. The zero-order valence-electron chi connectivity index (χ0n) is 12.4. The number of nitrogens with one attached hydrogen (secondary N) is 1. The minimum atomic E-state index is 0.134. The number of hydrogen-bond acceptors (Lipinski definition) is 3. The molecule has 0 aliphatic heterocycles. The maximum absolute atomic E-state index is 6.01. The molecular formula is C17H24N2O. The van der Waals surface area contributed by atoms with Crippen molar-refractivity contribution >= 4 is 11.0 Å². The zero-order chi connectivity index (χ0) is 14.1. The number of aryl methyl sites for hydroxylation is 1. The summed E-state index contributed by atoms with van der Waals surface area (Å²) in [6.07, 6.45) is 5.04. The van der Waals surface area contributed by atoms with Gasteiger partial charge in [0, 0.05) is 5.39 Å². The number of rotatable bonds is 3. The fourth-order valence-corrected chi connectivity index (χ4v) is 3.41. The Balaban J connectivity index is 1.87. The molecule has 3 rings (SSSR count). The van der Waals surface area contributed by atoms with Crippen molar-refractivity contribution in [2.45, 2.75) is 45.6 Å². The molecule has 1 saturated carbocycles. The van der Waals surface area contributed by atoms with E-state index in [1.807, 2.05) is 6.07 Å². The van der Waals surface area contributed by atoms with Gasteiger partial charge < -0.3 is 4.42 Å². The molecule has 1 aromatic carbocycles. The van der Waals surface area contributed by atoms with Crippen molar-refractivity contribution in [3.8, 4) is 0 Å². The van der Waals surface area contributed by atoms with Crippen LogP contribution in [0.4, 0.5) is 0 Å². The van der Waals surface area contributed by atoms with Gasteiger partial charge in [0.1, 0.15) is 11.3 Å². The van der Waals surface area contributed by atoms with Crippen LogP contribution >= 0.6 is 0 Å². The van der Waals surface area contributed by atoms with Gasteiger partial charge in [-0.05, 0) is 49.8 Å². The van der Waals surface area contributed by atoms with E-state index in [4.69, 9.17) is 10.3 Å². The molecule has 0 amide bonds. The summed E-state index contributed by atoms with van der Waals surface area (Å²) in [7, 11) is 0. The van der Waals surface area contributed by atoms with Gasteiger partial charge in [0.25, 0.3) is 0 Å². The highest BCUT2D eigenvalue weighted by Crippen LogP contribution is 2.38. The fourth-order valence-electron chi connectivity index (χ4n) is 3.41. The standard InChI is InChI=1S/C17H24N2O/c1-11-3-6-13(7-4-11)17(19-18)16-10-14-9-12(2)5-8-15(14)20-16/h5,8-11,13,17,19H,3-4,6-7,18H2,1-2H3. The summed E-state index contributed by atoms with van der Waals surface area (Å²) in [4.78, 5) is 0. The van der Waals surface area contributed by atoms with E-state index in [0.29, 0.717) is 5.92 Å². The van der Waals surface area contributed by atoms with E-state index in [0.717, 1.165) is 17.3 Å². The van der Waals surface area contributed by atoms with Gasteiger partial charge in [-0.15, -0.1) is 0 Å². The molecule has 0 spiro atoms. The third-order valence-electron chi connectivity index (χ3n) is 4.71. The van der Waals surface area contributed by atoms with Crippen LogP contribution in [0.5, 0.6) is 0 Å². The molecule has 0 bridgehead atoms. The number of hydrazine groups is 1. The lowest BCUT2D eigenvalue weighted by atomic mass is 9.79. The lowest BCUT2D eigenvalue weighted by Gasteiger charge is -2.31. The van der Waals surface area contributed by atoms with E-state index < -0.39 is 0 Å². The summed E-state index contributed by atoms with van der Waals surface area (Å²) in [5, 5.41) is 1.17. The molecule has 3 nitrogen and oxygen atoms in total. The summed E-state index contributed by atoms with van der Waals surface area (Å²) in [6.45, 7) is 4.44. The molecule has 1 aliphatic carbocycles. The molecule has 108 valence electrons. The molecule has 3 N–H and O–H groups in total. The van der Waals surface area contributed by atoms with Crippen LogP contribution in [0.1, 0.15) is 50.0 Å². The third kappa shape index (κ3) is 2.60. The molecule has 20 heavy (non-hydrogen) atoms. The van der Waals surface area contributed by atoms with Crippen molar-refractivity contribution in [3.63, 3.8) is 0 Å². The van der Waals surface area contributed by atoms with Gasteiger partial charge in [-0.1, -0.05) is 31.4 Å². The number of nitrogens with two attached hydrogens (primary N) is 1. The van der Waals surface area contributed by atoms with Crippen LogP contribution in [0.25, 0.3) is 11.0 Å². The van der Waals surface area contributed by atoms with Gasteiger partial charge in [0.2, 0.25) is 0 Å². The first kappa shape index (κ1) is 13.7. The monoisotopic (exact) mass is 272 g/mol. The second-order valence-electron chi connectivity index (χ2n) is 6.35. The van der Waals surface area contributed by atoms with Crippen LogP contribution in [0.3, 0.4) is 0 Å². The molecular weight excluding hydrogens is 248 g/mol. The summed E-state index contributed by atoms with van der Waals surface area (Å²) in [5.41, 5.74) is 5.20. The minimum Gasteiger partial charge on any atom is -0.459 e. The summed E-state index contributed by atoms with van der Waals surface area (Å²) in [5.74, 6) is 8.22. The summed E-state index contributed by atoms with van der Waals surface area (Å²) in [6, 6.07) is 8.58. The molecule has 3 heteroatoms. The number of benzene rings is 1. The Bertz CT molecular complexity index is 582. The van der Waals surface area contributed by atoms with Gasteiger partial charge in [-0.3, -0.25) is 5.84 Å². The SMILES string of the molecule is Cc1ccc2oc(C(NN)C3CCC(C)CC3)cc2c1. The van der Waals surface area contributed by atoms with Crippen molar-refractivity contribution < 1.29 is 4.42 Å². The molecule has 1 unspecified atom stereocenters. The van der Waals surface area contributed by atoms with Crippen LogP contribution in [0.2, 0.25) is 0 Å². The minimum absolute atomic E-state index is 0.134. The summed E-state index contributed by atoms with van der Waals surface area (Å²) >= 11 is 0. The number of furan rings is 1. The van der Waals surface area contributed by atoms with Crippen molar-refractivity contribution in [3.05, 3.63) is 35.6 Å². The third-order valence-corrected chi connectivity index (χ3v) is 4.71. The van der Waals surface area contributed by atoms with E-state index in [1.54, 1.807) is 0 Å². The van der Waals surface area contributed by atoms with Crippen LogP contribution < -0.4 is 11.3 Å². The predicted octanol–water partition coefficient (Wildman–Crippen LogP) is 4.07. The van der Waals surface area contributed by atoms with Crippen LogP contribution in [-0.2, 0) is 0 Å². The molecule has 1 heterocycles. The molecule has 0 radical (unpaired) electrons. The Hall–Kier alpha value is -1.32. The van der Waals surface area contributed by atoms with Crippen molar-refractivity contribution in [1.82, 2.24) is 5.43 Å². The van der Waals surface area contributed by atoms with E-state index in [9.17, 15) is 0 Å². The van der Waals surface area contributed by atoms with E-state index in [-0.39, 0.29) is 6.04 Å². The van der Waals surface area contributed by atoms with Gasteiger partial charge in [0.05, 0.1) is 6.04 Å². The first-order chi connectivity index (χ1) is 9.67. The smallest absolute Gasteiger partial charge is 0.134 e. The fraction of sp³-hybridized carbons (Fsp3) is 0.529. The highest BCUT2D eigenvalue weighted by molar-refractivity contribution is 5.78. The highest BCUT2D eigenvalue weighted by Gasteiger charge is 2.28. The van der Waals surface area contributed by atoms with Gasteiger partial charge in [-0.25, -0.2) is 5.43 Å². The van der Waals surface area contributed by atoms with E-state index in [2.05, 4.69) is 37.5 Å². The molecule has 1 aliphatic rings. The van der Waals surface area contributed by atoms with Crippen molar-refractivity contribution in [2.24, 2.45) is 17.7 Å². The maximum atomic E-state index is 6.01. The second kappa shape index (κ2) is 5.58. The number of fused-ring (bicyclic) bond motifs is 1. The van der Waals surface area contributed by atoms with Crippen LogP contribution in [0, 0.1) is 18.8 Å². The number of hydrogen-bond donors (Lipinski definition) is 2. The van der Waals surface area contributed by atoms with Crippen molar-refractivity contribution in [1.29, 1.82) is 0 Å². The lowest BCUT2D eigenvalue weighted by Crippen LogP contribution is -2.35. The molecule has 1 aromatic heterocycles. The average molecular weight is 272 g/mol. The van der Waals surface area contributed by atoms with Crippen molar-refractivity contribution in [2.75, 3.05) is 0 Å². The van der Waals surface area contributed by atoms with Gasteiger partial charge in [-0.2, -0.15) is 0 Å². The van der Waals surface area contributed by atoms with Crippen LogP contribution in [-0.4, -0.2) is 0 Å². The Morgan fingerprint density at radius 3 is 2.65 bits per heavy atom. The predicted molar refractivity (Wildman–Crippen MR) is 82.1 cm³/mol. The average Bonchev–Trinajstić information content (AvgIpc) is 2.84. The Morgan fingerprint density at radius 2 is 1.95 bits per heavy atom. The lowest BCUT2D eigenvalue weighted by molar-refractivity contribution is 0.215. The molecule has 1 atom stereocenters. The van der Waals surface area contributed by atoms with Gasteiger partial charge in [0.15, 0.2) is 0 Å². The Morgan fingerprint density at radius 1 is 1.20 bits per heavy atom. The Labute approximate surface area is 120 Å². The largest absolute Gasteiger partial charge is 0.459 e. The first-order valence-electron chi connectivity index (χ1n) is 7.63.